The third-order valence-electron chi connectivity index (χ3n) is 3.55. The van der Waals surface area contributed by atoms with Crippen molar-refractivity contribution in [3.05, 3.63) is 5.82 Å². The van der Waals surface area contributed by atoms with Crippen LogP contribution in [-0.2, 0) is 0 Å². The third kappa shape index (κ3) is 1.47. The van der Waals surface area contributed by atoms with E-state index in [1.807, 2.05) is 0 Å². The molecule has 2 unspecified atom stereocenters. The maximum Gasteiger partial charge on any atom is 0.299 e. The molecule has 1 aliphatic heterocycles. The van der Waals surface area contributed by atoms with E-state index in [1.165, 1.54) is 6.42 Å². The number of rotatable bonds is 1. The van der Waals surface area contributed by atoms with E-state index >= 15 is 0 Å². The first-order valence-corrected chi connectivity index (χ1v) is 5.74. The first kappa shape index (κ1) is 9.99. The van der Waals surface area contributed by atoms with Gasteiger partial charge in [0, 0.05) is 6.54 Å². The lowest BCUT2D eigenvalue weighted by Crippen LogP contribution is -2.35. The SMILES string of the molecule is FC(F)c1nc2n(n1)C1CCCCC1CN2. The highest BCUT2D eigenvalue weighted by Crippen LogP contribution is 2.38. The van der Waals surface area contributed by atoms with Crippen molar-refractivity contribution in [2.24, 2.45) is 5.92 Å². The quantitative estimate of drug-likeness (QED) is 0.802. The molecule has 2 heterocycles. The highest BCUT2D eigenvalue weighted by molar-refractivity contribution is 5.29. The highest BCUT2D eigenvalue weighted by Gasteiger charge is 2.34. The van der Waals surface area contributed by atoms with E-state index in [0.717, 1.165) is 25.8 Å². The van der Waals surface area contributed by atoms with Crippen molar-refractivity contribution in [2.75, 3.05) is 11.9 Å². The van der Waals surface area contributed by atoms with Crippen LogP contribution in [0.3, 0.4) is 0 Å². The summed E-state index contributed by atoms with van der Waals surface area (Å²) in [6, 6.07) is 0.269. The lowest BCUT2D eigenvalue weighted by atomic mass is 9.84. The minimum Gasteiger partial charge on any atom is -0.354 e. The standard InChI is InChI=1S/C10H14F2N4/c11-8(12)9-14-10-13-5-6-3-1-2-4-7(6)16(10)15-9/h6-8H,1-5H2,(H,13,14,15). The summed E-state index contributed by atoms with van der Waals surface area (Å²) >= 11 is 0. The molecule has 0 radical (unpaired) electrons. The largest absolute Gasteiger partial charge is 0.354 e. The third-order valence-corrected chi connectivity index (χ3v) is 3.55. The molecule has 0 bridgehead atoms. The van der Waals surface area contributed by atoms with Crippen molar-refractivity contribution in [1.82, 2.24) is 14.8 Å². The molecule has 1 saturated carbocycles. The fourth-order valence-electron chi connectivity index (χ4n) is 2.75. The predicted octanol–water partition coefficient (Wildman–Crippen LogP) is 2.37. The van der Waals surface area contributed by atoms with Gasteiger partial charge in [-0.3, -0.25) is 0 Å². The summed E-state index contributed by atoms with van der Waals surface area (Å²) in [6.45, 7) is 0.839. The van der Waals surface area contributed by atoms with Gasteiger partial charge in [-0.25, -0.2) is 13.5 Å². The summed E-state index contributed by atoms with van der Waals surface area (Å²) in [5.74, 6) is 0.681. The van der Waals surface area contributed by atoms with Crippen LogP contribution < -0.4 is 5.32 Å². The lowest BCUT2D eigenvalue weighted by molar-refractivity contribution is 0.138. The number of halogens is 2. The number of anilines is 1. The Morgan fingerprint density at radius 1 is 1.31 bits per heavy atom. The van der Waals surface area contributed by atoms with Gasteiger partial charge in [0.25, 0.3) is 6.43 Å². The van der Waals surface area contributed by atoms with Gasteiger partial charge in [0.2, 0.25) is 11.8 Å². The Morgan fingerprint density at radius 3 is 2.94 bits per heavy atom. The fourth-order valence-corrected chi connectivity index (χ4v) is 2.75. The molecule has 0 amide bonds. The van der Waals surface area contributed by atoms with E-state index < -0.39 is 6.43 Å². The van der Waals surface area contributed by atoms with Crippen LogP contribution in [0.5, 0.6) is 0 Å². The average Bonchev–Trinajstić information content (AvgIpc) is 2.73. The van der Waals surface area contributed by atoms with E-state index in [4.69, 9.17) is 0 Å². The van der Waals surface area contributed by atoms with Gasteiger partial charge >= 0.3 is 0 Å². The molecular weight excluding hydrogens is 214 g/mol. The summed E-state index contributed by atoms with van der Waals surface area (Å²) in [6.07, 6.45) is 1.99. The number of hydrogen-bond donors (Lipinski definition) is 1. The van der Waals surface area contributed by atoms with Gasteiger partial charge in [-0.1, -0.05) is 12.8 Å². The van der Waals surface area contributed by atoms with Crippen molar-refractivity contribution >= 4 is 5.95 Å². The van der Waals surface area contributed by atoms with E-state index in [0.29, 0.717) is 11.9 Å². The molecule has 0 spiro atoms. The zero-order valence-corrected chi connectivity index (χ0v) is 8.87. The summed E-state index contributed by atoms with van der Waals surface area (Å²) in [4.78, 5) is 3.83. The van der Waals surface area contributed by atoms with Gasteiger partial charge in [0.1, 0.15) is 0 Å². The van der Waals surface area contributed by atoms with Gasteiger partial charge < -0.3 is 5.32 Å². The van der Waals surface area contributed by atoms with E-state index in [9.17, 15) is 8.78 Å². The Balaban J connectivity index is 1.94. The molecule has 3 rings (SSSR count). The number of nitrogens with zero attached hydrogens (tertiary/aromatic N) is 3. The summed E-state index contributed by atoms with van der Waals surface area (Å²) in [7, 11) is 0. The highest BCUT2D eigenvalue weighted by atomic mass is 19.3. The molecule has 2 aliphatic rings. The number of fused-ring (bicyclic) bond motifs is 3. The van der Waals surface area contributed by atoms with Gasteiger partial charge in [-0.05, 0) is 18.8 Å². The lowest BCUT2D eigenvalue weighted by Gasteiger charge is -2.36. The summed E-state index contributed by atoms with van der Waals surface area (Å²) in [5.41, 5.74) is 0. The van der Waals surface area contributed by atoms with Crippen molar-refractivity contribution in [3.63, 3.8) is 0 Å². The number of nitrogens with one attached hydrogen (secondary N) is 1. The van der Waals surface area contributed by atoms with E-state index in [2.05, 4.69) is 15.4 Å². The van der Waals surface area contributed by atoms with Crippen LogP contribution in [0.1, 0.15) is 44.0 Å². The molecule has 88 valence electrons. The van der Waals surface area contributed by atoms with Gasteiger partial charge in [0.05, 0.1) is 6.04 Å². The van der Waals surface area contributed by atoms with Gasteiger partial charge in [0.15, 0.2) is 0 Å². The Labute approximate surface area is 92.0 Å². The Morgan fingerprint density at radius 2 is 2.12 bits per heavy atom. The van der Waals surface area contributed by atoms with Crippen LogP contribution in [-0.4, -0.2) is 21.3 Å². The molecule has 6 heteroatoms. The molecule has 1 aromatic heterocycles. The van der Waals surface area contributed by atoms with Crippen molar-refractivity contribution in [1.29, 1.82) is 0 Å². The minimum absolute atomic E-state index is 0.269. The molecule has 0 saturated heterocycles. The molecular formula is C10H14F2N4. The van der Waals surface area contributed by atoms with Crippen molar-refractivity contribution in [2.45, 2.75) is 38.2 Å². The van der Waals surface area contributed by atoms with E-state index in [-0.39, 0.29) is 11.9 Å². The maximum absolute atomic E-state index is 12.5. The van der Waals surface area contributed by atoms with Gasteiger partial charge in [-0.15, -0.1) is 5.10 Å². The second-order valence-electron chi connectivity index (χ2n) is 4.53. The van der Waals surface area contributed by atoms with Crippen LogP contribution in [0.15, 0.2) is 0 Å². The number of aromatic nitrogens is 3. The zero-order valence-electron chi connectivity index (χ0n) is 8.87. The Hall–Kier alpha value is -1.20. The maximum atomic E-state index is 12.5. The fraction of sp³-hybridized carbons (Fsp3) is 0.800. The number of hydrogen-bond acceptors (Lipinski definition) is 3. The van der Waals surface area contributed by atoms with Crippen molar-refractivity contribution < 1.29 is 8.78 Å². The molecule has 1 fully saturated rings. The van der Waals surface area contributed by atoms with Crippen molar-refractivity contribution in [3.8, 4) is 0 Å². The molecule has 1 aliphatic carbocycles. The minimum atomic E-state index is -2.58. The van der Waals surface area contributed by atoms with Crippen LogP contribution in [0, 0.1) is 5.92 Å². The van der Waals surface area contributed by atoms with E-state index in [1.54, 1.807) is 4.68 Å². The molecule has 1 N–H and O–H groups in total. The normalized spacial score (nSPS) is 28.4. The first-order valence-electron chi connectivity index (χ1n) is 5.74. The Bertz CT molecular complexity index is 390. The molecule has 4 nitrogen and oxygen atoms in total. The summed E-state index contributed by atoms with van der Waals surface area (Å²) in [5, 5.41) is 7.02. The average molecular weight is 228 g/mol. The second kappa shape index (κ2) is 3.68. The molecule has 16 heavy (non-hydrogen) atoms. The smallest absolute Gasteiger partial charge is 0.299 e. The first-order chi connectivity index (χ1) is 7.75. The Kier molecular flexibility index (Phi) is 2.29. The predicted molar refractivity (Wildman–Crippen MR) is 54.5 cm³/mol. The zero-order chi connectivity index (χ0) is 11.1. The van der Waals surface area contributed by atoms with Crippen LogP contribution in [0.4, 0.5) is 14.7 Å². The van der Waals surface area contributed by atoms with Gasteiger partial charge in [-0.2, -0.15) is 4.98 Å². The molecule has 2 atom stereocenters. The molecule has 1 aromatic rings. The molecule has 0 aromatic carbocycles. The van der Waals surface area contributed by atoms with Crippen LogP contribution in [0.2, 0.25) is 0 Å². The topological polar surface area (TPSA) is 42.7 Å². The second-order valence-corrected chi connectivity index (χ2v) is 4.53. The van der Waals surface area contributed by atoms with Crippen LogP contribution >= 0.6 is 0 Å². The van der Waals surface area contributed by atoms with Crippen LogP contribution in [0.25, 0.3) is 0 Å². The summed E-state index contributed by atoms with van der Waals surface area (Å²) < 4.78 is 26.7. The monoisotopic (exact) mass is 228 g/mol. The number of alkyl halides is 2.